The van der Waals surface area contributed by atoms with E-state index in [-0.39, 0.29) is 5.91 Å². The summed E-state index contributed by atoms with van der Waals surface area (Å²) in [4.78, 5) is 29.2. The lowest BCUT2D eigenvalue weighted by molar-refractivity contribution is 0.0745. The van der Waals surface area contributed by atoms with E-state index in [1.807, 2.05) is 30.0 Å². The summed E-state index contributed by atoms with van der Waals surface area (Å²) in [5.74, 6) is 3.11. The molecular formula is C24H27ClN6O2. The van der Waals surface area contributed by atoms with Crippen LogP contribution in [0.3, 0.4) is 0 Å². The van der Waals surface area contributed by atoms with Crippen LogP contribution in [0.4, 0.5) is 11.6 Å². The fourth-order valence-electron chi connectivity index (χ4n) is 4.56. The van der Waals surface area contributed by atoms with E-state index in [0.29, 0.717) is 53.8 Å². The molecule has 9 heteroatoms. The molecule has 2 aromatic heterocycles. The molecule has 8 nitrogen and oxygen atoms in total. The largest absolute Gasteiger partial charge is 0.360 e. The van der Waals surface area contributed by atoms with Crippen LogP contribution in [-0.2, 0) is 0 Å². The van der Waals surface area contributed by atoms with Crippen molar-refractivity contribution in [3.05, 3.63) is 52.5 Å². The third-order valence-corrected chi connectivity index (χ3v) is 6.67. The standard InChI is InChI=1S/C24H27ClN6O2/c1-16-22(23(28-33-16)18-7-3-4-8-19(18)25)24(32)31-13-11-30(12-14-31)21-15-20(26-17(2)27-21)29-9-5-6-10-29/h3-4,7-8,15H,5-6,9-14H2,1-2H3. The summed E-state index contributed by atoms with van der Waals surface area (Å²) in [5.41, 5.74) is 1.67. The highest BCUT2D eigenvalue weighted by molar-refractivity contribution is 6.33. The Hall–Kier alpha value is -3.13. The molecule has 4 heterocycles. The zero-order chi connectivity index (χ0) is 22.9. The molecule has 172 valence electrons. The van der Waals surface area contributed by atoms with Gasteiger partial charge in [0.15, 0.2) is 0 Å². The number of aryl methyl sites for hydroxylation is 2. The summed E-state index contributed by atoms with van der Waals surface area (Å²) in [6, 6.07) is 9.44. The predicted octanol–water partition coefficient (Wildman–Crippen LogP) is 3.96. The highest BCUT2D eigenvalue weighted by Gasteiger charge is 2.30. The van der Waals surface area contributed by atoms with Gasteiger partial charge in [-0.3, -0.25) is 4.79 Å². The van der Waals surface area contributed by atoms with Crippen LogP contribution in [0.15, 0.2) is 34.9 Å². The number of piperazine rings is 1. The second-order valence-electron chi connectivity index (χ2n) is 8.55. The van der Waals surface area contributed by atoms with Crippen LogP contribution >= 0.6 is 11.6 Å². The number of hydrogen-bond donors (Lipinski definition) is 0. The molecule has 0 N–H and O–H groups in total. The van der Waals surface area contributed by atoms with Crippen LogP contribution in [0.25, 0.3) is 11.3 Å². The molecule has 0 aliphatic carbocycles. The Labute approximate surface area is 198 Å². The smallest absolute Gasteiger partial charge is 0.259 e. The van der Waals surface area contributed by atoms with Gasteiger partial charge in [0.2, 0.25) is 0 Å². The van der Waals surface area contributed by atoms with Gasteiger partial charge in [-0.05, 0) is 32.8 Å². The monoisotopic (exact) mass is 466 g/mol. The molecule has 3 aromatic rings. The molecule has 2 aliphatic heterocycles. The first-order chi connectivity index (χ1) is 16.0. The third-order valence-electron chi connectivity index (χ3n) is 6.34. The normalized spacial score (nSPS) is 16.5. The second-order valence-corrected chi connectivity index (χ2v) is 8.95. The van der Waals surface area contributed by atoms with Crippen molar-refractivity contribution in [2.24, 2.45) is 0 Å². The number of carbonyl (C=O) groups is 1. The summed E-state index contributed by atoms with van der Waals surface area (Å²) in [7, 11) is 0. The van der Waals surface area contributed by atoms with E-state index in [4.69, 9.17) is 16.1 Å². The molecule has 2 fully saturated rings. The Bertz CT molecular complexity index is 1170. The minimum absolute atomic E-state index is 0.0834. The SMILES string of the molecule is Cc1nc(N2CCCC2)cc(N2CCN(C(=O)c3c(-c4ccccc4Cl)noc3C)CC2)n1. The van der Waals surface area contributed by atoms with E-state index in [1.54, 1.807) is 13.0 Å². The van der Waals surface area contributed by atoms with Crippen molar-refractivity contribution in [2.75, 3.05) is 49.1 Å². The molecular weight excluding hydrogens is 440 g/mol. The van der Waals surface area contributed by atoms with Gasteiger partial charge in [0.05, 0.1) is 5.02 Å². The Morgan fingerprint density at radius 2 is 1.58 bits per heavy atom. The predicted molar refractivity (Wildman–Crippen MR) is 128 cm³/mol. The van der Waals surface area contributed by atoms with Crippen molar-refractivity contribution in [1.29, 1.82) is 0 Å². The average molecular weight is 467 g/mol. The van der Waals surface area contributed by atoms with Crippen LogP contribution in [0.2, 0.25) is 5.02 Å². The van der Waals surface area contributed by atoms with Gasteiger partial charge in [-0.25, -0.2) is 9.97 Å². The molecule has 1 amide bonds. The second kappa shape index (κ2) is 9.02. The molecule has 1 aromatic carbocycles. The van der Waals surface area contributed by atoms with Gasteiger partial charge in [0, 0.05) is 50.9 Å². The number of benzene rings is 1. The maximum atomic E-state index is 13.4. The molecule has 0 bridgehead atoms. The number of amides is 1. The van der Waals surface area contributed by atoms with Gasteiger partial charge >= 0.3 is 0 Å². The minimum atomic E-state index is -0.0834. The number of carbonyl (C=O) groups excluding carboxylic acids is 1. The number of aromatic nitrogens is 3. The van der Waals surface area contributed by atoms with E-state index in [1.165, 1.54) is 12.8 Å². The van der Waals surface area contributed by atoms with Crippen LogP contribution in [-0.4, -0.2) is 65.2 Å². The van der Waals surface area contributed by atoms with Gasteiger partial charge in [-0.1, -0.05) is 35.0 Å². The molecule has 0 atom stereocenters. The molecule has 0 unspecified atom stereocenters. The van der Waals surface area contributed by atoms with Crippen molar-refractivity contribution in [3.8, 4) is 11.3 Å². The molecule has 5 rings (SSSR count). The van der Waals surface area contributed by atoms with E-state index in [0.717, 1.165) is 30.5 Å². The topological polar surface area (TPSA) is 78.6 Å². The van der Waals surface area contributed by atoms with Crippen molar-refractivity contribution in [2.45, 2.75) is 26.7 Å². The van der Waals surface area contributed by atoms with Crippen LogP contribution in [0.1, 0.15) is 34.8 Å². The van der Waals surface area contributed by atoms with Crippen molar-refractivity contribution in [1.82, 2.24) is 20.0 Å². The summed E-state index contributed by atoms with van der Waals surface area (Å²) < 4.78 is 5.39. The first-order valence-electron chi connectivity index (χ1n) is 11.4. The third kappa shape index (κ3) is 4.27. The fourth-order valence-corrected chi connectivity index (χ4v) is 4.79. The summed E-state index contributed by atoms with van der Waals surface area (Å²) >= 11 is 6.36. The van der Waals surface area contributed by atoms with Crippen molar-refractivity contribution < 1.29 is 9.32 Å². The summed E-state index contributed by atoms with van der Waals surface area (Å²) in [5, 5.41) is 4.68. The van der Waals surface area contributed by atoms with Crippen LogP contribution in [0.5, 0.6) is 0 Å². The van der Waals surface area contributed by atoms with Gasteiger partial charge in [0.25, 0.3) is 5.91 Å². The lowest BCUT2D eigenvalue weighted by Gasteiger charge is -2.35. The summed E-state index contributed by atoms with van der Waals surface area (Å²) in [6.07, 6.45) is 2.41. The zero-order valence-corrected chi connectivity index (χ0v) is 19.7. The van der Waals surface area contributed by atoms with Gasteiger partial charge in [-0.15, -0.1) is 0 Å². The number of anilines is 2. The van der Waals surface area contributed by atoms with Crippen LogP contribution in [0, 0.1) is 13.8 Å². The molecule has 2 aliphatic rings. The highest BCUT2D eigenvalue weighted by atomic mass is 35.5. The average Bonchev–Trinajstić information content (AvgIpc) is 3.49. The summed E-state index contributed by atoms with van der Waals surface area (Å²) in [6.45, 7) is 8.38. The quantitative estimate of drug-likeness (QED) is 0.575. The first kappa shape index (κ1) is 21.7. The van der Waals surface area contributed by atoms with Gasteiger partial charge < -0.3 is 19.2 Å². The first-order valence-corrected chi connectivity index (χ1v) is 11.7. The Morgan fingerprint density at radius 3 is 2.24 bits per heavy atom. The van der Waals surface area contributed by atoms with Crippen LogP contribution < -0.4 is 9.80 Å². The fraction of sp³-hybridized carbons (Fsp3) is 0.417. The number of halogens is 1. The van der Waals surface area contributed by atoms with Gasteiger partial charge in [-0.2, -0.15) is 0 Å². The Balaban J connectivity index is 1.32. The maximum Gasteiger partial charge on any atom is 0.259 e. The Kier molecular flexibility index (Phi) is 5.93. The zero-order valence-electron chi connectivity index (χ0n) is 18.9. The number of nitrogens with zero attached hydrogens (tertiary/aromatic N) is 6. The van der Waals surface area contributed by atoms with E-state index in [9.17, 15) is 4.79 Å². The maximum absolute atomic E-state index is 13.4. The number of hydrogen-bond acceptors (Lipinski definition) is 7. The molecule has 33 heavy (non-hydrogen) atoms. The van der Waals surface area contributed by atoms with Gasteiger partial charge in [0.1, 0.15) is 34.5 Å². The highest BCUT2D eigenvalue weighted by Crippen LogP contribution is 2.32. The number of rotatable bonds is 4. The molecule has 2 saturated heterocycles. The van der Waals surface area contributed by atoms with E-state index < -0.39 is 0 Å². The van der Waals surface area contributed by atoms with E-state index >= 15 is 0 Å². The molecule has 0 radical (unpaired) electrons. The Morgan fingerprint density at radius 1 is 0.939 bits per heavy atom. The van der Waals surface area contributed by atoms with Crippen molar-refractivity contribution in [3.63, 3.8) is 0 Å². The lowest BCUT2D eigenvalue weighted by Crippen LogP contribution is -2.49. The molecule has 0 saturated carbocycles. The van der Waals surface area contributed by atoms with Crippen molar-refractivity contribution >= 4 is 29.1 Å². The minimum Gasteiger partial charge on any atom is -0.360 e. The molecule has 0 spiro atoms. The van der Waals surface area contributed by atoms with E-state index in [2.05, 4.69) is 31.0 Å². The lowest BCUT2D eigenvalue weighted by atomic mass is 10.0.